The normalized spacial score (nSPS) is 26.1. The number of aliphatic hydroxyl groups is 2. The Hall–Kier alpha value is -0.900. The summed E-state index contributed by atoms with van der Waals surface area (Å²) in [5, 5.41) is 19.5. The Kier molecular flexibility index (Phi) is 4.38. The molecule has 0 bridgehead atoms. The summed E-state index contributed by atoms with van der Waals surface area (Å²) in [4.78, 5) is 2.22. The standard InChI is InChI=1S/C15H23NO2/c1-11(2)8-13(10-17)16-9-14(18)15(16)12-6-4-3-5-7-12/h3-7,11,13-15,17-18H,8-10H2,1-2H3/t13-,14-,15-/m0/s1. The molecule has 0 radical (unpaired) electrons. The Morgan fingerprint density at radius 3 is 2.44 bits per heavy atom. The molecular weight excluding hydrogens is 226 g/mol. The maximum atomic E-state index is 9.99. The smallest absolute Gasteiger partial charge is 0.0864 e. The molecular formula is C15H23NO2. The van der Waals surface area contributed by atoms with Crippen LogP contribution in [0.3, 0.4) is 0 Å². The Bertz CT molecular complexity index is 366. The third-order valence-corrected chi connectivity index (χ3v) is 3.68. The lowest BCUT2D eigenvalue weighted by molar-refractivity contribution is -0.101. The number of aliphatic hydroxyl groups excluding tert-OH is 2. The number of likely N-dealkylation sites (tertiary alicyclic amines) is 1. The van der Waals surface area contributed by atoms with Gasteiger partial charge in [-0.3, -0.25) is 4.90 Å². The summed E-state index contributed by atoms with van der Waals surface area (Å²) in [6.07, 6.45) is 0.653. The summed E-state index contributed by atoms with van der Waals surface area (Å²) < 4.78 is 0. The molecule has 0 amide bonds. The molecule has 0 spiro atoms. The van der Waals surface area contributed by atoms with Crippen molar-refractivity contribution in [3.8, 4) is 0 Å². The molecule has 1 aromatic rings. The van der Waals surface area contributed by atoms with Crippen LogP contribution < -0.4 is 0 Å². The summed E-state index contributed by atoms with van der Waals surface area (Å²) >= 11 is 0. The van der Waals surface area contributed by atoms with Crippen LogP contribution in [0.1, 0.15) is 31.9 Å². The van der Waals surface area contributed by atoms with E-state index in [1.54, 1.807) is 0 Å². The van der Waals surface area contributed by atoms with Crippen LogP contribution in [-0.4, -0.2) is 40.4 Å². The van der Waals surface area contributed by atoms with Crippen LogP contribution in [0.15, 0.2) is 30.3 Å². The van der Waals surface area contributed by atoms with Gasteiger partial charge < -0.3 is 10.2 Å². The number of hydrogen-bond acceptors (Lipinski definition) is 3. The molecule has 3 heteroatoms. The largest absolute Gasteiger partial charge is 0.395 e. The highest BCUT2D eigenvalue weighted by Gasteiger charge is 2.42. The molecule has 2 N–H and O–H groups in total. The number of nitrogens with zero attached hydrogens (tertiary/aromatic N) is 1. The second-order valence-corrected chi connectivity index (χ2v) is 5.59. The van der Waals surface area contributed by atoms with Crippen LogP contribution in [0, 0.1) is 5.92 Å². The number of hydrogen-bond donors (Lipinski definition) is 2. The van der Waals surface area contributed by atoms with Gasteiger partial charge in [0.25, 0.3) is 0 Å². The molecule has 2 rings (SSSR count). The van der Waals surface area contributed by atoms with Gasteiger partial charge in [0.15, 0.2) is 0 Å². The van der Waals surface area contributed by atoms with Crippen molar-refractivity contribution in [2.75, 3.05) is 13.2 Å². The van der Waals surface area contributed by atoms with Crippen molar-refractivity contribution < 1.29 is 10.2 Å². The second-order valence-electron chi connectivity index (χ2n) is 5.59. The number of benzene rings is 1. The molecule has 3 nitrogen and oxygen atoms in total. The first-order valence-corrected chi connectivity index (χ1v) is 6.73. The van der Waals surface area contributed by atoms with E-state index in [1.165, 1.54) is 0 Å². The van der Waals surface area contributed by atoms with Crippen molar-refractivity contribution in [2.24, 2.45) is 5.92 Å². The SMILES string of the molecule is CC(C)C[C@@H](CO)N1C[C@H](O)[C@@H]1c1ccccc1. The van der Waals surface area contributed by atoms with Crippen molar-refractivity contribution in [3.05, 3.63) is 35.9 Å². The van der Waals surface area contributed by atoms with Crippen molar-refractivity contribution in [3.63, 3.8) is 0 Å². The van der Waals surface area contributed by atoms with E-state index in [1.807, 2.05) is 30.3 Å². The topological polar surface area (TPSA) is 43.7 Å². The number of β-amino-alcohol motifs (C(OH)–C–C–N with tert-alkyl or cyclic N) is 1. The van der Waals surface area contributed by atoms with E-state index in [-0.39, 0.29) is 24.8 Å². The zero-order valence-corrected chi connectivity index (χ0v) is 11.2. The van der Waals surface area contributed by atoms with Gasteiger partial charge in [0, 0.05) is 12.6 Å². The van der Waals surface area contributed by atoms with E-state index >= 15 is 0 Å². The van der Waals surface area contributed by atoms with Crippen LogP contribution in [0.4, 0.5) is 0 Å². The minimum absolute atomic E-state index is 0.0436. The van der Waals surface area contributed by atoms with Crippen LogP contribution in [-0.2, 0) is 0 Å². The van der Waals surface area contributed by atoms with Gasteiger partial charge in [-0.15, -0.1) is 0 Å². The van der Waals surface area contributed by atoms with Gasteiger partial charge in [0.1, 0.15) is 0 Å². The molecule has 0 aliphatic carbocycles. The summed E-state index contributed by atoms with van der Waals surface area (Å²) in [7, 11) is 0. The van der Waals surface area contributed by atoms with Crippen LogP contribution in [0.5, 0.6) is 0 Å². The molecule has 1 aromatic carbocycles. The average molecular weight is 249 g/mol. The molecule has 3 atom stereocenters. The lowest BCUT2D eigenvalue weighted by Gasteiger charge is -2.50. The summed E-state index contributed by atoms with van der Waals surface area (Å²) in [5.74, 6) is 0.552. The molecule has 0 aromatic heterocycles. The van der Waals surface area contributed by atoms with Gasteiger partial charge in [0.05, 0.1) is 18.8 Å². The first-order chi connectivity index (χ1) is 8.63. The first kappa shape index (κ1) is 13.5. The third-order valence-electron chi connectivity index (χ3n) is 3.68. The fourth-order valence-electron chi connectivity index (χ4n) is 2.81. The average Bonchev–Trinajstić information content (AvgIpc) is 2.34. The highest BCUT2D eigenvalue weighted by molar-refractivity contribution is 5.23. The van der Waals surface area contributed by atoms with E-state index in [4.69, 9.17) is 0 Å². The maximum absolute atomic E-state index is 9.99. The minimum atomic E-state index is -0.311. The highest BCUT2D eigenvalue weighted by Crippen LogP contribution is 2.36. The molecule has 18 heavy (non-hydrogen) atoms. The minimum Gasteiger partial charge on any atom is -0.395 e. The van der Waals surface area contributed by atoms with Crippen molar-refractivity contribution >= 4 is 0 Å². The molecule has 1 fully saturated rings. The second kappa shape index (κ2) is 5.83. The van der Waals surface area contributed by atoms with Gasteiger partial charge in [-0.05, 0) is 17.9 Å². The van der Waals surface area contributed by atoms with E-state index < -0.39 is 0 Å². The number of rotatable bonds is 5. The Morgan fingerprint density at radius 2 is 1.94 bits per heavy atom. The quantitative estimate of drug-likeness (QED) is 0.836. The fourth-order valence-corrected chi connectivity index (χ4v) is 2.81. The first-order valence-electron chi connectivity index (χ1n) is 6.73. The van der Waals surface area contributed by atoms with E-state index in [9.17, 15) is 10.2 Å². The Balaban J connectivity index is 2.10. The van der Waals surface area contributed by atoms with Gasteiger partial charge in [0.2, 0.25) is 0 Å². The van der Waals surface area contributed by atoms with Crippen LogP contribution in [0.25, 0.3) is 0 Å². The van der Waals surface area contributed by atoms with Crippen molar-refractivity contribution in [1.29, 1.82) is 0 Å². The fraction of sp³-hybridized carbons (Fsp3) is 0.600. The van der Waals surface area contributed by atoms with Crippen LogP contribution in [0.2, 0.25) is 0 Å². The van der Waals surface area contributed by atoms with Gasteiger partial charge in [-0.2, -0.15) is 0 Å². The van der Waals surface area contributed by atoms with Gasteiger partial charge in [-0.25, -0.2) is 0 Å². The van der Waals surface area contributed by atoms with E-state index in [0.29, 0.717) is 12.5 Å². The summed E-state index contributed by atoms with van der Waals surface area (Å²) in [6.45, 7) is 5.15. The highest BCUT2D eigenvalue weighted by atomic mass is 16.3. The summed E-state index contributed by atoms with van der Waals surface area (Å²) in [5.41, 5.74) is 1.14. The van der Waals surface area contributed by atoms with Gasteiger partial charge >= 0.3 is 0 Å². The third kappa shape index (κ3) is 2.74. The van der Waals surface area contributed by atoms with E-state index in [2.05, 4.69) is 18.7 Å². The summed E-state index contributed by atoms with van der Waals surface area (Å²) in [6, 6.07) is 10.3. The Labute approximate surface area is 109 Å². The molecule has 1 aliphatic heterocycles. The lowest BCUT2D eigenvalue weighted by atomic mass is 9.88. The molecule has 1 heterocycles. The van der Waals surface area contributed by atoms with Crippen molar-refractivity contribution in [1.82, 2.24) is 4.90 Å². The predicted octanol–water partition coefficient (Wildman–Crippen LogP) is 1.81. The Morgan fingerprint density at radius 1 is 1.28 bits per heavy atom. The monoisotopic (exact) mass is 249 g/mol. The van der Waals surface area contributed by atoms with Crippen LogP contribution >= 0.6 is 0 Å². The molecule has 1 saturated heterocycles. The zero-order chi connectivity index (χ0) is 13.1. The predicted molar refractivity (Wildman–Crippen MR) is 72.2 cm³/mol. The zero-order valence-electron chi connectivity index (χ0n) is 11.2. The van der Waals surface area contributed by atoms with Gasteiger partial charge in [-0.1, -0.05) is 44.2 Å². The lowest BCUT2D eigenvalue weighted by Crippen LogP contribution is -2.58. The van der Waals surface area contributed by atoms with Crippen molar-refractivity contribution in [2.45, 2.75) is 38.5 Å². The maximum Gasteiger partial charge on any atom is 0.0864 e. The molecule has 100 valence electrons. The van der Waals surface area contributed by atoms with E-state index in [0.717, 1.165) is 12.0 Å². The molecule has 0 unspecified atom stereocenters. The molecule has 1 aliphatic rings. The molecule has 0 saturated carbocycles.